The Morgan fingerprint density at radius 2 is 1.85 bits per heavy atom. The number of ketones is 1. The highest BCUT2D eigenvalue weighted by Crippen LogP contribution is 2.65. The van der Waals surface area contributed by atoms with Crippen LogP contribution in [0.4, 0.5) is 0 Å². The van der Waals surface area contributed by atoms with Gasteiger partial charge in [-0.15, -0.1) is 6.58 Å². The molecule has 0 bridgehead atoms. The second-order valence-corrected chi connectivity index (χ2v) is 10.8. The molecule has 9 heteroatoms. The molecule has 1 aliphatic heterocycles. The maximum atomic E-state index is 13.6. The summed E-state index contributed by atoms with van der Waals surface area (Å²) in [6, 6.07) is -2.14. The zero-order valence-corrected chi connectivity index (χ0v) is 21.3. The maximum Gasteiger partial charge on any atom is 0.289 e. The summed E-state index contributed by atoms with van der Waals surface area (Å²) in [6.07, 6.45) is 7.64. The molecule has 0 aromatic heterocycles. The van der Waals surface area contributed by atoms with Gasteiger partial charge in [-0.1, -0.05) is 52.5 Å². The van der Waals surface area contributed by atoms with Crippen molar-refractivity contribution in [3.63, 3.8) is 0 Å². The van der Waals surface area contributed by atoms with Crippen LogP contribution >= 0.6 is 11.8 Å². The van der Waals surface area contributed by atoms with E-state index in [-0.39, 0.29) is 41.5 Å². The van der Waals surface area contributed by atoms with E-state index in [0.717, 1.165) is 25.7 Å². The first-order chi connectivity index (χ1) is 16.2. The number of hydrogen-bond acceptors (Lipinski definition) is 5. The number of hydrogen-bond donors (Lipinski definition) is 3. The molecule has 0 aromatic rings. The van der Waals surface area contributed by atoms with Crippen LogP contribution in [-0.4, -0.2) is 59.6 Å². The molecule has 34 heavy (non-hydrogen) atoms. The Morgan fingerprint density at radius 1 is 1.18 bits per heavy atom. The highest BCUT2D eigenvalue weighted by molar-refractivity contribution is 6.38. The third-order valence-electron chi connectivity index (χ3n) is 8.11. The van der Waals surface area contributed by atoms with Crippen LogP contribution < -0.4 is 15.5 Å². The molecule has 3 fully saturated rings. The topological polar surface area (TPSA) is 108 Å². The van der Waals surface area contributed by atoms with E-state index in [1.54, 1.807) is 4.90 Å². The summed E-state index contributed by atoms with van der Waals surface area (Å²) in [5.74, 6) is -1.54. The fourth-order valence-corrected chi connectivity index (χ4v) is 6.29. The molecule has 0 spiro atoms. The molecule has 0 aromatic carbocycles. The molecule has 1 saturated heterocycles. The lowest BCUT2D eigenvalue weighted by atomic mass is 9.83. The summed E-state index contributed by atoms with van der Waals surface area (Å²) in [4.78, 5) is 56.4. The fraction of sp³-hybridized carbons (Fsp3) is 0.760. The Kier molecular flexibility index (Phi) is 8.79. The van der Waals surface area contributed by atoms with Gasteiger partial charge in [-0.05, 0) is 54.2 Å². The average molecular weight is 495 g/mol. The SMILES string of the molecule is C=CCNC(=O)C(=O)C(CCC)NC(=O)[C@@H]1[C@@H]2[C@H](CN1C(=O)[C@@H](NCl)C1CCCCC1)C2(C)C. The van der Waals surface area contributed by atoms with E-state index in [0.29, 0.717) is 19.4 Å². The van der Waals surface area contributed by atoms with Gasteiger partial charge in [0, 0.05) is 13.1 Å². The van der Waals surface area contributed by atoms with Gasteiger partial charge >= 0.3 is 0 Å². The lowest BCUT2D eigenvalue weighted by molar-refractivity contribution is -0.144. The molecule has 3 aliphatic rings. The standard InChI is InChI=1S/C25H39ClN4O4/c1-5-10-17(21(31)23(33)27-13-6-2)28-22(32)20-18-16(25(18,3)4)14-30(20)24(34)19(29-26)15-11-8-7-9-12-15/h6,15-20,29H,2,5,7-14H2,1,3-4H3,(H,27,33)(H,28,32)/t16-,17?,18-,19-,20-/m0/s1. The molecule has 1 heterocycles. The number of halogens is 1. The van der Waals surface area contributed by atoms with E-state index < -0.39 is 29.8 Å². The summed E-state index contributed by atoms with van der Waals surface area (Å²) < 4.78 is 0. The molecular weight excluding hydrogens is 456 g/mol. The number of fused-ring (bicyclic) bond motifs is 1. The predicted octanol–water partition coefficient (Wildman–Crippen LogP) is 2.32. The molecule has 0 radical (unpaired) electrons. The Bertz CT molecular complexity index is 811. The molecule has 3 rings (SSSR count). The highest BCUT2D eigenvalue weighted by atomic mass is 35.5. The number of nitrogens with zero attached hydrogens (tertiary/aromatic N) is 1. The van der Waals surface area contributed by atoms with E-state index in [2.05, 4.69) is 35.9 Å². The van der Waals surface area contributed by atoms with Crippen molar-refractivity contribution in [1.82, 2.24) is 20.4 Å². The van der Waals surface area contributed by atoms with Crippen LogP contribution in [0.3, 0.4) is 0 Å². The number of rotatable bonds is 11. The smallest absolute Gasteiger partial charge is 0.289 e. The quantitative estimate of drug-likeness (QED) is 0.232. The molecule has 8 nitrogen and oxygen atoms in total. The molecule has 2 aliphatic carbocycles. The molecule has 190 valence electrons. The van der Waals surface area contributed by atoms with Crippen molar-refractivity contribution in [1.29, 1.82) is 0 Å². The van der Waals surface area contributed by atoms with Crippen molar-refractivity contribution >= 4 is 35.3 Å². The van der Waals surface area contributed by atoms with E-state index >= 15 is 0 Å². The van der Waals surface area contributed by atoms with E-state index in [1.165, 1.54) is 12.5 Å². The molecule has 3 amide bonds. The maximum absolute atomic E-state index is 13.6. The molecule has 5 atom stereocenters. The lowest BCUT2D eigenvalue weighted by Gasteiger charge is -2.36. The fourth-order valence-electron chi connectivity index (χ4n) is 6.02. The summed E-state index contributed by atoms with van der Waals surface area (Å²) in [7, 11) is 0. The van der Waals surface area contributed by atoms with Gasteiger partial charge in [0.15, 0.2) is 0 Å². The van der Waals surface area contributed by atoms with Gasteiger partial charge in [-0.2, -0.15) is 0 Å². The van der Waals surface area contributed by atoms with Crippen molar-refractivity contribution in [2.75, 3.05) is 13.1 Å². The number of nitrogens with one attached hydrogen (secondary N) is 3. The number of carbonyl (C=O) groups is 4. The van der Waals surface area contributed by atoms with Gasteiger partial charge in [-0.3, -0.25) is 19.2 Å². The Balaban J connectivity index is 1.77. The Labute approximate surface area is 207 Å². The van der Waals surface area contributed by atoms with Gasteiger partial charge in [0.2, 0.25) is 17.6 Å². The van der Waals surface area contributed by atoms with Crippen LogP contribution in [-0.2, 0) is 19.2 Å². The first-order valence-electron chi connectivity index (χ1n) is 12.6. The Morgan fingerprint density at radius 3 is 2.44 bits per heavy atom. The second kappa shape index (κ2) is 11.2. The van der Waals surface area contributed by atoms with Gasteiger partial charge in [0.1, 0.15) is 12.1 Å². The zero-order valence-electron chi connectivity index (χ0n) is 20.6. The number of likely N-dealkylation sites (tertiary alicyclic amines) is 1. The molecular formula is C25H39ClN4O4. The summed E-state index contributed by atoms with van der Waals surface area (Å²) >= 11 is 6.05. The van der Waals surface area contributed by atoms with Crippen LogP contribution in [0.5, 0.6) is 0 Å². The van der Waals surface area contributed by atoms with Gasteiger partial charge in [0.25, 0.3) is 5.91 Å². The van der Waals surface area contributed by atoms with Crippen molar-refractivity contribution in [3.8, 4) is 0 Å². The molecule has 1 unspecified atom stereocenters. The zero-order chi connectivity index (χ0) is 25.0. The van der Waals surface area contributed by atoms with E-state index in [9.17, 15) is 19.2 Å². The summed E-state index contributed by atoms with van der Waals surface area (Å²) in [5.41, 5.74) is -0.0564. The summed E-state index contributed by atoms with van der Waals surface area (Å²) in [6.45, 7) is 10.3. The predicted molar refractivity (Wildman–Crippen MR) is 131 cm³/mol. The Hall–Kier alpha value is -1.93. The minimum Gasteiger partial charge on any atom is -0.346 e. The number of Topliss-reactive ketones (excluding diaryl/α,β-unsaturated/α-hetero) is 1. The van der Waals surface area contributed by atoms with Crippen LogP contribution in [0.2, 0.25) is 0 Å². The van der Waals surface area contributed by atoms with Gasteiger partial charge < -0.3 is 15.5 Å². The molecule has 3 N–H and O–H groups in total. The van der Waals surface area contributed by atoms with Crippen molar-refractivity contribution < 1.29 is 19.2 Å². The first kappa shape index (κ1) is 26.7. The van der Waals surface area contributed by atoms with Crippen LogP contribution in [0.1, 0.15) is 65.7 Å². The van der Waals surface area contributed by atoms with Crippen LogP contribution in [0.25, 0.3) is 0 Å². The first-order valence-corrected chi connectivity index (χ1v) is 13.0. The van der Waals surface area contributed by atoms with E-state index in [1.807, 2.05) is 6.92 Å². The summed E-state index contributed by atoms with van der Waals surface area (Å²) in [5, 5.41) is 5.30. The second-order valence-electron chi connectivity index (χ2n) is 10.6. The highest BCUT2D eigenvalue weighted by Gasteiger charge is 2.69. The van der Waals surface area contributed by atoms with Crippen molar-refractivity contribution in [3.05, 3.63) is 12.7 Å². The number of carbonyl (C=O) groups excluding carboxylic acids is 4. The normalized spacial score (nSPS) is 27.3. The van der Waals surface area contributed by atoms with E-state index in [4.69, 9.17) is 11.8 Å². The van der Waals surface area contributed by atoms with Gasteiger partial charge in [-0.25, -0.2) is 4.84 Å². The van der Waals surface area contributed by atoms with Gasteiger partial charge in [0.05, 0.1) is 6.04 Å². The van der Waals surface area contributed by atoms with Crippen molar-refractivity contribution in [2.24, 2.45) is 23.2 Å². The van der Waals surface area contributed by atoms with Crippen LogP contribution in [0, 0.1) is 23.2 Å². The van der Waals surface area contributed by atoms with Crippen molar-refractivity contribution in [2.45, 2.75) is 83.8 Å². The van der Waals surface area contributed by atoms with Crippen LogP contribution in [0.15, 0.2) is 12.7 Å². The minimum absolute atomic E-state index is 0.0192. The third-order valence-corrected chi connectivity index (χ3v) is 8.34. The lowest BCUT2D eigenvalue weighted by Crippen LogP contribution is -2.58. The minimum atomic E-state index is -0.930. The largest absolute Gasteiger partial charge is 0.346 e. The number of amides is 3. The average Bonchev–Trinajstić information content (AvgIpc) is 3.15. The third kappa shape index (κ3) is 5.33. The monoisotopic (exact) mass is 494 g/mol. The molecule has 2 saturated carbocycles. The number of piperidine rings is 1.